The van der Waals surface area contributed by atoms with Crippen LogP contribution in [-0.2, 0) is 0 Å². The van der Waals surface area contributed by atoms with Crippen LogP contribution in [0.15, 0.2) is 18.6 Å². The molecular formula is C9H13N5. The second-order valence-electron chi connectivity index (χ2n) is 3.11. The summed E-state index contributed by atoms with van der Waals surface area (Å²) in [6.45, 7) is 2.11. The van der Waals surface area contributed by atoms with Crippen molar-refractivity contribution in [1.82, 2.24) is 24.9 Å². The SMILES string of the molecule is CCC(NC)c1nnc2cnccn12. The maximum atomic E-state index is 4.15. The maximum absolute atomic E-state index is 4.15. The average molecular weight is 191 g/mol. The van der Waals surface area contributed by atoms with E-state index in [2.05, 4.69) is 27.4 Å². The smallest absolute Gasteiger partial charge is 0.179 e. The van der Waals surface area contributed by atoms with Crippen molar-refractivity contribution in [1.29, 1.82) is 0 Å². The Hall–Kier alpha value is -1.49. The number of nitrogens with zero attached hydrogens (tertiary/aromatic N) is 4. The second-order valence-corrected chi connectivity index (χ2v) is 3.11. The Morgan fingerprint density at radius 1 is 1.50 bits per heavy atom. The number of nitrogens with one attached hydrogen (secondary N) is 1. The van der Waals surface area contributed by atoms with Crippen LogP contribution in [0, 0.1) is 0 Å². The third kappa shape index (κ3) is 1.35. The van der Waals surface area contributed by atoms with Gasteiger partial charge in [-0.2, -0.15) is 0 Å². The third-order valence-corrected chi connectivity index (χ3v) is 2.31. The Bertz CT molecular complexity index is 418. The minimum absolute atomic E-state index is 0.243. The summed E-state index contributed by atoms with van der Waals surface area (Å²) in [5.74, 6) is 0.937. The predicted molar refractivity (Wildman–Crippen MR) is 52.9 cm³/mol. The van der Waals surface area contributed by atoms with Gasteiger partial charge >= 0.3 is 0 Å². The van der Waals surface area contributed by atoms with Crippen LogP contribution in [0.4, 0.5) is 0 Å². The van der Waals surface area contributed by atoms with Crippen molar-refractivity contribution in [3.63, 3.8) is 0 Å². The molecular weight excluding hydrogens is 178 g/mol. The summed E-state index contributed by atoms with van der Waals surface area (Å²) in [5.41, 5.74) is 0.788. The first-order valence-corrected chi connectivity index (χ1v) is 4.68. The number of hydrogen-bond acceptors (Lipinski definition) is 4. The highest BCUT2D eigenvalue weighted by molar-refractivity contribution is 5.34. The Balaban J connectivity index is 2.51. The van der Waals surface area contributed by atoms with Crippen LogP contribution >= 0.6 is 0 Å². The van der Waals surface area contributed by atoms with Crippen molar-refractivity contribution < 1.29 is 0 Å². The zero-order chi connectivity index (χ0) is 9.97. The van der Waals surface area contributed by atoms with Gasteiger partial charge in [-0.3, -0.25) is 9.38 Å². The topological polar surface area (TPSA) is 55.1 Å². The van der Waals surface area contributed by atoms with Gasteiger partial charge < -0.3 is 5.32 Å². The van der Waals surface area contributed by atoms with E-state index in [1.165, 1.54) is 0 Å². The minimum atomic E-state index is 0.243. The lowest BCUT2D eigenvalue weighted by atomic mass is 10.2. The molecule has 0 aliphatic rings. The van der Waals surface area contributed by atoms with E-state index in [1.807, 2.05) is 17.6 Å². The normalized spacial score (nSPS) is 13.3. The molecule has 0 bridgehead atoms. The molecule has 0 aliphatic carbocycles. The standard InChI is InChI=1S/C9H13N5/c1-3-7(10-2)9-13-12-8-6-11-4-5-14(8)9/h4-7,10H,3H2,1-2H3. The highest BCUT2D eigenvalue weighted by Crippen LogP contribution is 2.13. The monoisotopic (exact) mass is 191 g/mol. The Kier molecular flexibility index (Phi) is 2.41. The summed E-state index contributed by atoms with van der Waals surface area (Å²) in [6, 6.07) is 0.243. The molecule has 0 fully saturated rings. The van der Waals surface area contributed by atoms with Crippen LogP contribution < -0.4 is 5.32 Å². The first-order valence-electron chi connectivity index (χ1n) is 4.68. The summed E-state index contributed by atoms with van der Waals surface area (Å²) < 4.78 is 1.96. The molecule has 1 unspecified atom stereocenters. The molecule has 0 spiro atoms. The van der Waals surface area contributed by atoms with Gasteiger partial charge in [-0.15, -0.1) is 10.2 Å². The fourth-order valence-corrected chi connectivity index (χ4v) is 1.53. The molecule has 5 nitrogen and oxygen atoms in total. The van der Waals surface area contributed by atoms with E-state index in [1.54, 1.807) is 12.4 Å². The van der Waals surface area contributed by atoms with Crippen molar-refractivity contribution in [3.05, 3.63) is 24.4 Å². The Morgan fingerprint density at radius 3 is 3.07 bits per heavy atom. The molecule has 2 heterocycles. The van der Waals surface area contributed by atoms with Gasteiger partial charge in [0.1, 0.15) is 0 Å². The maximum Gasteiger partial charge on any atom is 0.179 e. The molecule has 2 rings (SSSR count). The third-order valence-electron chi connectivity index (χ3n) is 2.31. The number of hydrogen-bond donors (Lipinski definition) is 1. The van der Waals surface area contributed by atoms with E-state index >= 15 is 0 Å². The van der Waals surface area contributed by atoms with Crippen molar-refractivity contribution in [2.45, 2.75) is 19.4 Å². The number of fused-ring (bicyclic) bond motifs is 1. The lowest BCUT2D eigenvalue weighted by molar-refractivity contribution is 0.539. The zero-order valence-electron chi connectivity index (χ0n) is 8.31. The molecule has 0 saturated carbocycles. The van der Waals surface area contributed by atoms with Crippen LogP contribution in [0.3, 0.4) is 0 Å². The molecule has 5 heteroatoms. The first kappa shape index (κ1) is 9.08. The Labute approximate surface area is 82.2 Å². The highest BCUT2D eigenvalue weighted by Gasteiger charge is 2.13. The lowest BCUT2D eigenvalue weighted by Gasteiger charge is -2.10. The fourth-order valence-electron chi connectivity index (χ4n) is 1.53. The molecule has 1 atom stereocenters. The number of rotatable bonds is 3. The summed E-state index contributed by atoms with van der Waals surface area (Å²) in [6.07, 6.45) is 6.31. The van der Waals surface area contributed by atoms with Crippen LogP contribution in [0.1, 0.15) is 25.2 Å². The van der Waals surface area contributed by atoms with Gasteiger partial charge in [-0.1, -0.05) is 6.92 Å². The summed E-state index contributed by atoms with van der Waals surface area (Å²) in [5, 5.41) is 11.4. The summed E-state index contributed by atoms with van der Waals surface area (Å²) >= 11 is 0. The fraction of sp³-hybridized carbons (Fsp3) is 0.444. The molecule has 1 N–H and O–H groups in total. The molecule has 0 aliphatic heterocycles. The molecule has 0 amide bonds. The summed E-state index contributed by atoms with van der Waals surface area (Å²) in [7, 11) is 1.93. The van der Waals surface area contributed by atoms with Crippen molar-refractivity contribution >= 4 is 5.65 Å². The van der Waals surface area contributed by atoms with Crippen molar-refractivity contribution in [2.24, 2.45) is 0 Å². The van der Waals surface area contributed by atoms with Crippen LogP contribution in [-0.4, -0.2) is 26.6 Å². The van der Waals surface area contributed by atoms with Crippen LogP contribution in [0.25, 0.3) is 5.65 Å². The van der Waals surface area contributed by atoms with E-state index in [4.69, 9.17) is 0 Å². The zero-order valence-corrected chi connectivity index (χ0v) is 8.31. The largest absolute Gasteiger partial charge is 0.310 e. The quantitative estimate of drug-likeness (QED) is 0.779. The molecule has 74 valence electrons. The molecule has 0 saturated heterocycles. The molecule has 0 aromatic carbocycles. The predicted octanol–water partition coefficient (Wildman–Crippen LogP) is 0.795. The van der Waals surface area contributed by atoms with E-state index in [0.29, 0.717) is 0 Å². The second kappa shape index (κ2) is 3.71. The van der Waals surface area contributed by atoms with Gasteiger partial charge in [0.2, 0.25) is 0 Å². The van der Waals surface area contributed by atoms with E-state index < -0.39 is 0 Å². The van der Waals surface area contributed by atoms with Gasteiger partial charge in [-0.05, 0) is 13.5 Å². The van der Waals surface area contributed by atoms with Gasteiger partial charge in [0.25, 0.3) is 0 Å². The van der Waals surface area contributed by atoms with Gasteiger partial charge in [-0.25, -0.2) is 0 Å². The van der Waals surface area contributed by atoms with Gasteiger partial charge in [0.15, 0.2) is 11.5 Å². The van der Waals surface area contributed by atoms with Crippen molar-refractivity contribution in [2.75, 3.05) is 7.05 Å². The minimum Gasteiger partial charge on any atom is -0.310 e. The van der Waals surface area contributed by atoms with Gasteiger partial charge in [0.05, 0.1) is 12.2 Å². The highest BCUT2D eigenvalue weighted by atomic mass is 15.3. The van der Waals surface area contributed by atoms with Crippen LogP contribution in [0.2, 0.25) is 0 Å². The summed E-state index contributed by atoms with van der Waals surface area (Å²) in [4.78, 5) is 3.99. The number of aromatic nitrogens is 4. The van der Waals surface area contributed by atoms with Crippen LogP contribution in [0.5, 0.6) is 0 Å². The molecule has 0 radical (unpaired) electrons. The van der Waals surface area contributed by atoms with E-state index in [0.717, 1.165) is 17.9 Å². The first-order chi connectivity index (χ1) is 6.86. The van der Waals surface area contributed by atoms with Crippen molar-refractivity contribution in [3.8, 4) is 0 Å². The lowest BCUT2D eigenvalue weighted by Crippen LogP contribution is -2.18. The van der Waals surface area contributed by atoms with Gasteiger partial charge in [0, 0.05) is 12.4 Å². The average Bonchev–Trinajstić information content (AvgIpc) is 2.65. The molecule has 14 heavy (non-hydrogen) atoms. The van der Waals surface area contributed by atoms with E-state index in [-0.39, 0.29) is 6.04 Å². The Morgan fingerprint density at radius 2 is 2.36 bits per heavy atom. The molecule has 2 aromatic heterocycles. The molecule has 2 aromatic rings. The van der Waals surface area contributed by atoms with E-state index in [9.17, 15) is 0 Å².